The molecule has 0 spiro atoms. The van der Waals surface area contributed by atoms with E-state index < -0.39 is 6.04 Å². The van der Waals surface area contributed by atoms with Crippen LogP contribution in [-0.4, -0.2) is 49.0 Å². The van der Waals surface area contributed by atoms with Crippen molar-refractivity contribution < 1.29 is 14.3 Å². The molecule has 1 aromatic rings. The van der Waals surface area contributed by atoms with Crippen LogP contribution < -0.4 is 15.4 Å². The zero-order valence-electron chi connectivity index (χ0n) is 16.9. The molecule has 1 aliphatic carbocycles. The average Bonchev–Trinajstić information content (AvgIpc) is 2.71. The van der Waals surface area contributed by atoms with Crippen molar-refractivity contribution in [3.05, 3.63) is 29.8 Å². The van der Waals surface area contributed by atoms with E-state index in [1.807, 2.05) is 31.2 Å². The molecule has 0 radical (unpaired) electrons. The maximum Gasteiger partial charge on any atom is 0.237 e. The molecule has 28 heavy (non-hydrogen) atoms. The van der Waals surface area contributed by atoms with Crippen molar-refractivity contribution in [2.45, 2.75) is 58.0 Å². The molecular formula is C22H33N3O3. The minimum atomic E-state index is -0.410. The second kappa shape index (κ2) is 10.5. The van der Waals surface area contributed by atoms with Gasteiger partial charge in [-0.3, -0.25) is 14.5 Å². The first-order chi connectivity index (χ1) is 13.7. The molecule has 6 heteroatoms. The van der Waals surface area contributed by atoms with Crippen LogP contribution >= 0.6 is 0 Å². The molecule has 1 atom stereocenters. The Labute approximate surface area is 168 Å². The molecule has 2 amide bonds. The summed E-state index contributed by atoms with van der Waals surface area (Å²) in [4.78, 5) is 27.0. The topological polar surface area (TPSA) is 70.7 Å². The Kier molecular flexibility index (Phi) is 7.71. The van der Waals surface area contributed by atoms with E-state index >= 15 is 0 Å². The summed E-state index contributed by atoms with van der Waals surface area (Å²) in [6, 6.07) is 7.55. The fourth-order valence-electron chi connectivity index (χ4n) is 4.16. The standard InChI is InChI=1S/C22H33N3O3/c1-2-28-19-10-8-18(9-11-19)16-25-13-12-23-22(27)20(25)14-21(26)24-15-17-6-4-3-5-7-17/h8-11,17,20H,2-7,12-16H2,1H3,(H,23,27)(H,24,26). The zero-order chi connectivity index (χ0) is 19.8. The first kappa shape index (κ1) is 20.6. The number of piperazine rings is 1. The van der Waals surface area contributed by atoms with Crippen LogP contribution in [0, 0.1) is 5.92 Å². The largest absolute Gasteiger partial charge is 0.494 e. The number of nitrogens with zero attached hydrogens (tertiary/aromatic N) is 1. The van der Waals surface area contributed by atoms with E-state index in [1.54, 1.807) is 0 Å². The van der Waals surface area contributed by atoms with Crippen LogP contribution in [0.1, 0.15) is 51.0 Å². The van der Waals surface area contributed by atoms with E-state index in [0.717, 1.165) is 24.4 Å². The highest BCUT2D eigenvalue weighted by atomic mass is 16.5. The highest BCUT2D eigenvalue weighted by Gasteiger charge is 2.31. The number of hydrogen-bond donors (Lipinski definition) is 2. The lowest BCUT2D eigenvalue weighted by Crippen LogP contribution is -2.56. The summed E-state index contributed by atoms with van der Waals surface area (Å²) in [5.41, 5.74) is 1.12. The van der Waals surface area contributed by atoms with E-state index in [2.05, 4.69) is 15.5 Å². The molecule has 1 aromatic carbocycles. The van der Waals surface area contributed by atoms with Gasteiger partial charge in [0.2, 0.25) is 11.8 Å². The minimum Gasteiger partial charge on any atom is -0.494 e. The molecule has 1 aliphatic heterocycles. The summed E-state index contributed by atoms with van der Waals surface area (Å²) in [5, 5.41) is 5.97. The van der Waals surface area contributed by atoms with Crippen LogP contribution in [0.25, 0.3) is 0 Å². The van der Waals surface area contributed by atoms with E-state index in [4.69, 9.17) is 4.74 Å². The Balaban J connectivity index is 1.53. The maximum atomic E-state index is 12.5. The fourth-order valence-corrected chi connectivity index (χ4v) is 4.16. The molecule has 0 bridgehead atoms. The van der Waals surface area contributed by atoms with Gasteiger partial charge in [-0.05, 0) is 43.4 Å². The fraction of sp³-hybridized carbons (Fsp3) is 0.636. The van der Waals surface area contributed by atoms with Crippen LogP contribution in [0.4, 0.5) is 0 Å². The van der Waals surface area contributed by atoms with Crippen molar-refractivity contribution in [3.63, 3.8) is 0 Å². The van der Waals surface area contributed by atoms with Gasteiger partial charge >= 0.3 is 0 Å². The van der Waals surface area contributed by atoms with Gasteiger partial charge in [0.25, 0.3) is 0 Å². The second-order valence-corrected chi connectivity index (χ2v) is 7.87. The summed E-state index contributed by atoms with van der Waals surface area (Å²) in [6.07, 6.45) is 6.47. The first-order valence-corrected chi connectivity index (χ1v) is 10.7. The average molecular weight is 388 g/mol. The molecule has 1 heterocycles. The zero-order valence-corrected chi connectivity index (χ0v) is 16.9. The molecule has 2 aliphatic rings. The van der Waals surface area contributed by atoms with Crippen molar-refractivity contribution in [1.29, 1.82) is 0 Å². The van der Waals surface area contributed by atoms with Crippen molar-refractivity contribution in [3.8, 4) is 5.75 Å². The lowest BCUT2D eigenvalue weighted by atomic mass is 9.89. The third-order valence-electron chi connectivity index (χ3n) is 5.75. The van der Waals surface area contributed by atoms with Gasteiger partial charge in [0.15, 0.2) is 0 Å². The maximum absolute atomic E-state index is 12.5. The quantitative estimate of drug-likeness (QED) is 0.719. The van der Waals surface area contributed by atoms with Gasteiger partial charge in [-0.15, -0.1) is 0 Å². The number of hydrogen-bond acceptors (Lipinski definition) is 4. The molecule has 2 N–H and O–H groups in total. The Morgan fingerprint density at radius 1 is 1.21 bits per heavy atom. The summed E-state index contributed by atoms with van der Waals surface area (Å²) >= 11 is 0. The van der Waals surface area contributed by atoms with Gasteiger partial charge in [-0.1, -0.05) is 31.4 Å². The van der Waals surface area contributed by atoms with Crippen molar-refractivity contribution in [1.82, 2.24) is 15.5 Å². The molecule has 1 saturated carbocycles. The van der Waals surface area contributed by atoms with Gasteiger partial charge < -0.3 is 15.4 Å². The first-order valence-electron chi connectivity index (χ1n) is 10.7. The van der Waals surface area contributed by atoms with Crippen LogP contribution in [0.3, 0.4) is 0 Å². The molecule has 0 aromatic heterocycles. The van der Waals surface area contributed by atoms with E-state index in [0.29, 0.717) is 25.6 Å². The van der Waals surface area contributed by atoms with Crippen molar-refractivity contribution >= 4 is 11.8 Å². The number of carbonyl (C=O) groups is 2. The highest BCUT2D eigenvalue weighted by Crippen LogP contribution is 2.23. The monoisotopic (exact) mass is 387 g/mol. The Bertz CT molecular complexity index is 641. The smallest absolute Gasteiger partial charge is 0.237 e. The van der Waals surface area contributed by atoms with Gasteiger partial charge in [0.1, 0.15) is 5.75 Å². The number of carbonyl (C=O) groups excluding carboxylic acids is 2. The minimum absolute atomic E-state index is 0.0238. The second-order valence-electron chi connectivity index (χ2n) is 7.87. The van der Waals surface area contributed by atoms with E-state index in [9.17, 15) is 9.59 Å². The number of benzene rings is 1. The molecule has 1 unspecified atom stereocenters. The van der Waals surface area contributed by atoms with Crippen LogP contribution in [0.5, 0.6) is 5.75 Å². The molecule has 1 saturated heterocycles. The predicted molar refractivity (Wildman–Crippen MR) is 109 cm³/mol. The highest BCUT2D eigenvalue weighted by molar-refractivity contribution is 5.88. The van der Waals surface area contributed by atoms with E-state index in [-0.39, 0.29) is 18.2 Å². The third kappa shape index (κ3) is 5.96. The van der Waals surface area contributed by atoms with Gasteiger partial charge in [0, 0.05) is 26.2 Å². The third-order valence-corrected chi connectivity index (χ3v) is 5.75. The van der Waals surface area contributed by atoms with Gasteiger partial charge in [-0.25, -0.2) is 0 Å². The SMILES string of the molecule is CCOc1ccc(CN2CCNC(=O)C2CC(=O)NCC2CCCCC2)cc1. The lowest BCUT2D eigenvalue weighted by Gasteiger charge is -2.35. The van der Waals surface area contributed by atoms with E-state index in [1.165, 1.54) is 32.1 Å². The van der Waals surface area contributed by atoms with Gasteiger partial charge in [-0.2, -0.15) is 0 Å². The van der Waals surface area contributed by atoms with Gasteiger partial charge in [0.05, 0.1) is 19.1 Å². The molecule has 6 nitrogen and oxygen atoms in total. The van der Waals surface area contributed by atoms with Crippen LogP contribution in [0.15, 0.2) is 24.3 Å². The number of amides is 2. The number of ether oxygens (including phenoxy) is 1. The summed E-state index contributed by atoms with van der Waals surface area (Å²) in [6.45, 7) is 5.37. The van der Waals surface area contributed by atoms with Crippen LogP contribution in [0.2, 0.25) is 0 Å². The summed E-state index contributed by atoms with van der Waals surface area (Å²) < 4.78 is 5.49. The molecule has 2 fully saturated rings. The normalized spacial score (nSPS) is 21.2. The molecular weight excluding hydrogens is 354 g/mol. The lowest BCUT2D eigenvalue weighted by molar-refractivity contribution is -0.134. The summed E-state index contributed by atoms with van der Waals surface area (Å²) in [7, 11) is 0. The predicted octanol–water partition coefficient (Wildman–Crippen LogP) is 2.47. The Hall–Kier alpha value is -2.08. The summed E-state index contributed by atoms with van der Waals surface area (Å²) in [5.74, 6) is 1.37. The Morgan fingerprint density at radius 3 is 2.68 bits per heavy atom. The molecule has 3 rings (SSSR count). The van der Waals surface area contributed by atoms with Crippen molar-refractivity contribution in [2.24, 2.45) is 5.92 Å². The van der Waals surface area contributed by atoms with Crippen LogP contribution in [-0.2, 0) is 16.1 Å². The Morgan fingerprint density at radius 2 is 1.96 bits per heavy atom. The molecule has 154 valence electrons. The number of nitrogens with one attached hydrogen (secondary N) is 2. The van der Waals surface area contributed by atoms with Crippen molar-refractivity contribution in [2.75, 3.05) is 26.2 Å². The number of rotatable bonds is 8.